The normalized spacial score (nSPS) is 14.2. The first kappa shape index (κ1) is 16.5. The first-order chi connectivity index (χ1) is 11.0. The van der Waals surface area contributed by atoms with Gasteiger partial charge in [-0.05, 0) is 24.3 Å². The second-order valence-corrected chi connectivity index (χ2v) is 7.68. The molecule has 24 heavy (non-hydrogen) atoms. The van der Waals surface area contributed by atoms with Crippen LogP contribution in [0, 0.1) is 0 Å². The van der Waals surface area contributed by atoms with Crippen molar-refractivity contribution in [2.75, 3.05) is 0 Å². The summed E-state index contributed by atoms with van der Waals surface area (Å²) in [7, 11) is -9.85. The molecule has 0 amide bonds. The number of hydrogen-bond acceptors (Lipinski definition) is 8. The van der Waals surface area contributed by atoms with E-state index in [9.17, 15) is 35.5 Å². The van der Waals surface area contributed by atoms with E-state index >= 15 is 0 Å². The van der Waals surface area contributed by atoms with Crippen LogP contribution >= 0.6 is 0 Å². The average Bonchev–Trinajstić information content (AvgIpc) is 2.49. The second-order valence-electron chi connectivity index (χ2n) is 4.95. The number of carbonyl (C=O) groups is 2. The highest BCUT2D eigenvalue weighted by Crippen LogP contribution is 2.32. The number of ketones is 2. The monoisotopic (exact) mass is 366 g/mol. The fourth-order valence-corrected chi connectivity index (χ4v) is 3.70. The van der Waals surface area contributed by atoms with E-state index in [2.05, 4.69) is 0 Å². The summed E-state index contributed by atoms with van der Waals surface area (Å²) in [5, 5.41) is 0. The predicted molar refractivity (Wildman–Crippen MR) is 75.7 cm³/mol. The molecule has 0 bridgehead atoms. The average molecular weight is 366 g/mol. The number of hydrogen-bond donors (Lipinski definition) is 0. The van der Waals surface area contributed by atoms with Gasteiger partial charge in [0, 0.05) is 16.7 Å². The molecular weight excluding hydrogens is 360 g/mol. The Bertz CT molecular complexity index is 1120. The maximum absolute atomic E-state index is 12.5. The van der Waals surface area contributed by atoms with E-state index in [4.69, 9.17) is 0 Å². The zero-order valence-electron chi connectivity index (χ0n) is 11.5. The summed E-state index contributed by atoms with van der Waals surface area (Å²) in [5.74, 6) is -1.76. The molecule has 0 N–H and O–H groups in total. The predicted octanol–water partition coefficient (Wildman–Crippen LogP) is 0.270. The summed E-state index contributed by atoms with van der Waals surface area (Å²) in [5.41, 5.74) is -1.52. The maximum atomic E-state index is 12.5. The van der Waals surface area contributed by atoms with Gasteiger partial charge in [0.2, 0.25) is 0 Å². The van der Waals surface area contributed by atoms with E-state index in [1.807, 2.05) is 0 Å². The van der Waals surface area contributed by atoms with Crippen LogP contribution < -0.4 is 0 Å². The van der Waals surface area contributed by atoms with Crippen molar-refractivity contribution in [2.45, 2.75) is 9.79 Å². The van der Waals surface area contributed by atoms with Crippen molar-refractivity contribution >= 4 is 31.8 Å². The van der Waals surface area contributed by atoms with Gasteiger partial charge < -0.3 is 9.11 Å². The Hall–Kier alpha value is -2.40. The van der Waals surface area contributed by atoms with Crippen molar-refractivity contribution < 1.29 is 35.5 Å². The SMILES string of the molecule is O=C1c2cc(S(=O)(=O)[O-])ccc2C(=O)c2c1cccc2S(=O)(=O)[O-]. The van der Waals surface area contributed by atoms with Crippen LogP contribution in [0.1, 0.15) is 31.8 Å². The van der Waals surface area contributed by atoms with Crippen molar-refractivity contribution in [1.29, 1.82) is 0 Å². The van der Waals surface area contributed by atoms with Crippen LogP contribution in [0.4, 0.5) is 0 Å². The summed E-state index contributed by atoms with van der Waals surface area (Å²) in [4.78, 5) is 23.4. The Morgan fingerprint density at radius 2 is 1.38 bits per heavy atom. The molecule has 0 saturated heterocycles. The van der Waals surface area contributed by atoms with Crippen LogP contribution in [-0.2, 0) is 20.2 Å². The summed E-state index contributed by atoms with van der Waals surface area (Å²) in [6, 6.07) is 5.72. The molecule has 10 heteroatoms. The van der Waals surface area contributed by atoms with Gasteiger partial charge in [-0.3, -0.25) is 9.59 Å². The minimum atomic E-state index is -5.00. The highest BCUT2D eigenvalue weighted by Gasteiger charge is 2.33. The Morgan fingerprint density at radius 1 is 0.708 bits per heavy atom. The van der Waals surface area contributed by atoms with Gasteiger partial charge >= 0.3 is 0 Å². The molecule has 0 aliphatic heterocycles. The Balaban J connectivity index is 2.34. The van der Waals surface area contributed by atoms with E-state index in [1.54, 1.807) is 0 Å². The third-order valence-corrected chi connectivity index (χ3v) is 5.25. The second kappa shape index (κ2) is 5.05. The molecule has 124 valence electrons. The van der Waals surface area contributed by atoms with E-state index in [0.717, 1.165) is 36.4 Å². The van der Waals surface area contributed by atoms with E-state index in [0.29, 0.717) is 0 Å². The van der Waals surface area contributed by atoms with Gasteiger partial charge in [-0.2, -0.15) is 0 Å². The van der Waals surface area contributed by atoms with Gasteiger partial charge in [-0.1, -0.05) is 12.1 Å². The quantitative estimate of drug-likeness (QED) is 0.587. The molecule has 0 unspecified atom stereocenters. The lowest BCUT2D eigenvalue weighted by atomic mass is 9.84. The van der Waals surface area contributed by atoms with E-state index in [-0.39, 0.29) is 16.7 Å². The molecule has 0 atom stereocenters. The van der Waals surface area contributed by atoms with Gasteiger partial charge in [-0.15, -0.1) is 0 Å². The molecule has 2 aromatic carbocycles. The first-order valence-electron chi connectivity index (χ1n) is 6.30. The third-order valence-electron chi connectivity index (χ3n) is 3.54. The molecule has 0 heterocycles. The minimum absolute atomic E-state index is 0.281. The molecule has 0 radical (unpaired) electrons. The van der Waals surface area contributed by atoms with Gasteiger partial charge in [0.15, 0.2) is 11.6 Å². The van der Waals surface area contributed by atoms with Crippen molar-refractivity contribution in [3.05, 3.63) is 58.7 Å². The Kier molecular flexibility index (Phi) is 3.46. The molecule has 3 rings (SSSR count). The van der Waals surface area contributed by atoms with Crippen molar-refractivity contribution in [3.8, 4) is 0 Å². The standard InChI is InChI=1S/C14H8O8S2/c15-13-9-2-1-3-11(24(20,21)22)12(9)14(16)8-5-4-7(6-10(8)13)23(17,18)19/h1-6H,(H,17,18,19)(H,20,21,22)/p-2. The molecule has 0 spiro atoms. The fourth-order valence-electron chi connectivity index (χ4n) is 2.51. The third kappa shape index (κ3) is 2.45. The van der Waals surface area contributed by atoms with Gasteiger partial charge in [0.1, 0.15) is 20.2 Å². The number of benzene rings is 2. The number of fused-ring (bicyclic) bond motifs is 2. The summed E-state index contributed by atoms with van der Waals surface area (Å²) in [6.07, 6.45) is 0. The molecule has 1 aliphatic rings. The van der Waals surface area contributed by atoms with Gasteiger partial charge in [0.25, 0.3) is 0 Å². The zero-order valence-corrected chi connectivity index (χ0v) is 13.2. The topological polar surface area (TPSA) is 149 Å². The molecule has 2 aromatic rings. The van der Waals surface area contributed by atoms with Crippen LogP contribution in [0.2, 0.25) is 0 Å². The molecule has 1 aliphatic carbocycles. The molecule has 8 nitrogen and oxygen atoms in total. The lowest BCUT2D eigenvalue weighted by Crippen LogP contribution is -2.24. The van der Waals surface area contributed by atoms with Crippen molar-refractivity contribution in [1.82, 2.24) is 0 Å². The largest absolute Gasteiger partial charge is 0.744 e. The summed E-state index contributed by atoms with van der Waals surface area (Å²) >= 11 is 0. The van der Waals surface area contributed by atoms with E-state index in [1.165, 1.54) is 0 Å². The zero-order chi connectivity index (χ0) is 17.9. The smallest absolute Gasteiger partial charge is 0.195 e. The van der Waals surface area contributed by atoms with Crippen molar-refractivity contribution in [2.24, 2.45) is 0 Å². The summed E-state index contributed by atoms with van der Waals surface area (Å²) < 4.78 is 67.1. The van der Waals surface area contributed by atoms with Crippen LogP contribution in [0.3, 0.4) is 0 Å². The molecule has 0 aromatic heterocycles. The van der Waals surface area contributed by atoms with Crippen molar-refractivity contribution in [3.63, 3.8) is 0 Å². The number of rotatable bonds is 2. The van der Waals surface area contributed by atoms with E-state index < -0.39 is 47.2 Å². The van der Waals surface area contributed by atoms with Crippen LogP contribution in [0.15, 0.2) is 46.2 Å². The highest BCUT2D eigenvalue weighted by atomic mass is 32.2. The van der Waals surface area contributed by atoms with Gasteiger partial charge in [-0.25, -0.2) is 16.8 Å². The fraction of sp³-hybridized carbons (Fsp3) is 0. The first-order valence-corrected chi connectivity index (χ1v) is 9.12. The number of carbonyl (C=O) groups excluding carboxylic acids is 2. The van der Waals surface area contributed by atoms with Crippen LogP contribution in [-0.4, -0.2) is 37.5 Å². The minimum Gasteiger partial charge on any atom is -0.744 e. The molecule has 0 fully saturated rings. The highest BCUT2D eigenvalue weighted by molar-refractivity contribution is 7.86. The van der Waals surface area contributed by atoms with Crippen LogP contribution in [0.25, 0.3) is 0 Å². The lowest BCUT2D eigenvalue weighted by Gasteiger charge is -2.22. The lowest BCUT2D eigenvalue weighted by molar-refractivity contribution is 0.0976. The van der Waals surface area contributed by atoms with Gasteiger partial charge in [0.05, 0.1) is 15.4 Å². The molecular formula is C14H6O8S2-2. The Labute approximate surface area is 136 Å². The maximum Gasteiger partial charge on any atom is 0.195 e. The van der Waals surface area contributed by atoms with Crippen LogP contribution in [0.5, 0.6) is 0 Å². The Morgan fingerprint density at radius 3 is 1.96 bits per heavy atom. The summed E-state index contributed by atoms with van der Waals surface area (Å²) in [6.45, 7) is 0. The molecule has 0 saturated carbocycles.